The fourth-order valence-corrected chi connectivity index (χ4v) is 4.53. The molecule has 0 atom stereocenters. The number of fused-ring (bicyclic) bond motifs is 4. The van der Waals surface area contributed by atoms with E-state index < -0.39 is 23.2 Å². The minimum Gasteiger partial charge on any atom is -0.504 e. The molecule has 33 heavy (non-hydrogen) atoms. The molecule has 0 saturated heterocycles. The van der Waals surface area contributed by atoms with Gasteiger partial charge in [0.1, 0.15) is 0 Å². The Kier molecular flexibility index (Phi) is 7.71. The van der Waals surface area contributed by atoms with E-state index in [1.807, 2.05) is 6.07 Å². The highest BCUT2D eigenvalue weighted by atomic mass is 35.5. The largest absolute Gasteiger partial charge is 0.511 e. The number of rotatable bonds is 7. The van der Waals surface area contributed by atoms with Gasteiger partial charge in [-0.2, -0.15) is 0 Å². The van der Waals surface area contributed by atoms with Crippen LogP contribution in [0.15, 0.2) is 23.0 Å². The van der Waals surface area contributed by atoms with Crippen molar-refractivity contribution in [1.82, 2.24) is 14.9 Å². The number of aromatic amines is 1. The molecule has 0 saturated carbocycles. The van der Waals surface area contributed by atoms with Crippen LogP contribution in [-0.4, -0.2) is 32.5 Å². The first-order valence-corrected chi connectivity index (χ1v) is 11.1. The highest BCUT2D eigenvalue weighted by Gasteiger charge is 2.25. The van der Waals surface area contributed by atoms with E-state index in [9.17, 15) is 14.7 Å². The van der Waals surface area contributed by atoms with Gasteiger partial charge in [-0.1, -0.05) is 19.8 Å². The zero-order valence-corrected chi connectivity index (χ0v) is 19.7. The molecule has 1 aliphatic carbocycles. The number of halogens is 1. The van der Waals surface area contributed by atoms with Crippen molar-refractivity contribution in [1.29, 1.82) is 0 Å². The van der Waals surface area contributed by atoms with Crippen LogP contribution in [0.3, 0.4) is 0 Å². The molecule has 178 valence electrons. The number of aromatic hydroxyl groups is 1. The Labute approximate surface area is 198 Å². The summed E-state index contributed by atoms with van der Waals surface area (Å²) in [5.41, 5.74) is 4.51. The summed E-state index contributed by atoms with van der Waals surface area (Å²) in [6, 6.07) is 6.34. The van der Waals surface area contributed by atoms with Crippen LogP contribution >= 0.6 is 12.4 Å². The van der Waals surface area contributed by atoms with Crippen LogP contribution in [0.25, 0.3) is 22.2 Å². The van der Waals surface area contributed by atoms with E-state index in [4.69, 9.17) is 5.11 Å². The number of carboxylic acid groups (broad SMARTS) is 1. The molecule has 8 nitrogen and oxygen atoms in total. The van der Waals surface area contributed by atoms with Gasteiger partial charge in [0.25, 0.3) is 5.56 Å². The van der Waals surface area contributed by atoms with Gasteiger partial charge in [-0.25, -0.2) is 4.79 Å². The van der Waals surface area contributed by atoms with E-state index in [0.717, 1.165) is 54.4 Å². The predicted octanol–water partition coefficient (Wildman–Crippen LogP) is 4.49. The van der Waals surface area contributed by atoms with Gasteiger partial charge in [0.05, 0.1) is 5.69 Å². The average molecular weight is 476 g/mol. The first-order chi connectivity index (χ1) is 15.4. The fraction of sp³-hybridized carbons (Fsp3) is 0.417. The second-order valence-electron chi connectivity index (χ2n) is 8.35. The molecule has 3 aromatic rings. The van der Waals surface area contributed by atoms with Gasteiger partial charge in [-0.05, 0) is 56.0 Å². The number of ether oxygens (including phenoxy) is 1. The molecule has 0 spiro atoms. The van der Waals surface area contributed by atoms with Crippen molar-refractivity contribution in [3.8, 4) is 22.8 Å². The maximum Gasteiger partial charge on any atom is 0.511 e. The van der Waals surface area contributed by atoms with E-state index in [-0.39, 0.29) is 12.4 Å². The summed E-state index contributed by atoms with van der Waals surface area (Å²) < 4.78 is 6.73. The number of H-pyrrole nitrogens is 1. The van der Waals surface area contributed by atoms with E-state index in [2.05, 4.69) is 45.7 Å². The third kappa shape index (κ3) is 4.86. The van der Waals surface area contributed by atoms with Crippen molar-refractivity contribution in [3.63, 3.8) is 0 Å². The number of nitrogens with one attached hydrogen (secondary N) is 2. The maximum absolute atomic E-state index is 12.5. The van der Waals surface area contributed by atoms with Gasteiger partial charge in [0, 0.05) is 41.3 Å². The number of hydrogen-bond donors (Lipinski definition) is 4. The Morgan fingerprint density at radius 1 is 1.24 bits per heavy atom. The number of aryl methyl sites for hydroxylation is 2. The predicted molar refractivity (Wildman–Crippen MR) is 130 cm³/mol. The van der Waals surface area contributed by atoms with Gasteiger partial charge in [-0.15, -0.1) is 12.4 Å². The minimum absolute atomic E-state index is 0. The van der Waals surface area contributed by atoms with Gasteiger partial charge in [0.15, 0.2) is 5.75 Å². The number of benzene rings is 1. The molecule has 4 rings (SSSR count). The van der Waals surface area contributed by atoms with E-state index in [1.165, 1.54) is 18.5 Å². The standard InChI is InChI=1S/C24H29N3O5.ClH/c1-3-4-5-9-25-13-16-10-15-11-18-14(12-19(15)27(16)2)7-6-8-17-20(18)26-23(29)22(21(17)28)32-24(30)31;/h10-12,25H,3-9,13H2,1-2H3,(H,30,31)(H2,26,28,29);1H. The number of nitrogens with zero attached hydrogens (tertiary/aromatic N) is 1. The van der Waals surface area contributed by atoms with Crippen LogP contribution in [0.1, 0.15) is 49.4 Å². The molecule has 0 radical (unpaired) electrons. The molecule has 0 fully saturated rings. The van der Waals surface area contributed by atoms with Gasteiger partial charge < -0.3 is 29.8 Å². The molecule has 0 bridgehead atoms. The van der Waals surface area contributed by atoms with Gasteiger partial charge >= 0.3 is 6.16 Å². The highest BCUT2D eigenvalue weighted by Crippen LogP contribution is 2.40. The molecule has 0 unspecified atom stereocenters. The van der Waals surface area contributed by atoms with Crippen LogP contribution in [0.2, 0.25) is 0 Å². The highest BCUT2D eigenvalue weighted by molar-refractivity contribution is 5.89. The molecule has 2 heterocycles. The van der Waals surface area contributed by atoms with Crippen molar-refractivity contribution in [2.24, 2.45) is 7.05 Å². The Morgan fingerprint density at radius 2 is 2.03 bits per heavy atom. The number of pyridine rings is 1. The summed E-state index contributed by atoms with van der Waals surface area (Å²) in [6.07, 6.45) is 3.99. The molecule has 9 heteroatoms. The van der Waals surface area contributed by atoms with Gasteiger partial charge in [0.2, 0.25) is 5.75 Å². The lowest BCUT2D eigenvalue weighted by molar-refractivity contribution is 0.142. The van der Waals surface area contributed by atoms with Crippen molar-refractivity contribution in [2.45, 2.75) is 52.0 Å². The third-order valence-electron chi connectivity index (χ3n) is 6.21. The Bertz CT molecular complexity index is 1230. The molecule has 1 aromatic carbocycles. The third-order valence-corrected chi connectivity index (χ3v) is 6.21. The zero-order valence-electron chi connectivity index (χ0n) is 18.9. The normalized spacial score (nSPS) is 12.5. The van der Waals surface area contributed by atoms with Crippen molar-refractivity contribution in [2.75, 3.05) is 6.54 Å². The van der Waals surface area contributed by atoms with Crippen LogP contribution in [0, 0.1) is 0 Å². The summed E-state index contributed by atoms with van der Waals surface area (Å²) in [7, 11) is 2.06. The van der Waals surface area contributed by atoms with Crippen molar-refractivity contribution >= 4 is 29.5 Å². The minimum atomic E-state index is -1.64. The van der Waals surface area contributed by atoms with E-state index >= 15 is 0 Å². The Hall–Kier alpha value is -2.97. The summed E-state index contributed by atoms with van der Waals surface area (Å²) in [6.45, 7) is 3.96. The van der Waals surface area contributed by atoms with Crippen molar-refractivity contribution in [3.05, 3.63) is 45.4 Å². The van der Waals surface area contributed by atoms with E-state index in [0.29, 0.717) is 17.7 Å². The Morgan fingerprint density at radius 3 is 2.76 bits per heavy atom. The molecular formula is C24H30ClN3O5. The van der Waals surface area contributed by atoms with Crippen LogP contribution in [0.5, 0.6) is 11.5 Å². The molecular weight excluding hydrogens is 446 g/mol. The smallest absolute Gasteiger partial charge is 0.504 e. The molecule has 2 aromatic heterocycles. The average Bonchev–Trinajstić information content (AvgIpc) is 2.94. The number of aromatic nitrogens is 2. The first kappa shape index (κ1) is 24.7. The SMILES string of the molecule is CCCCCNCc1cc2cc3c(cc2n1C)CCCc1c-3[nH]c(=O)c(OC(=O)O)c1O.Cl. The second kappa shape index (κ2) is 10.3. The summed E-state index contributed by atoms with van der Waals surface area (Å²) in [4.78, 5) is 26.1. The summed E-state index contributed by atoms with van der Waals surface area (Å²) in [5, 5.41) is 24.1. The molecule has 0 aliphatic heterocycles. The monoisotopic (exact) mass is 475 g/mol. The second-order valence-corrected chi connectivity index (χ2v) is 8.35. The lowest BCUT2D eigenvalue weighted by atomic mass is 9.99. The van der Waals surface area contributed by atoms with Crippen molar-refractivity contribution < 1.29 is 19.7 Å². The van der Waals surface area contributed by atoms with Crippen LogP contribution in [-0.2, 0) is 26.4 Å². The van der Waals surface area contributed by atoms with E-state index in [1.54, 1.807) is 0 Å². The van der Waals surface area contributed by atoms with Crippen LogP contribution in [0.4, 0.5) is 4.79 Å². The topological polar surface area (TPSA) is 117 Å². The quantitative estimate of drug-likeness (QED) is 0.295. The van der Waals surface area contributed by atoms with Crippen LogP contribution < -0.4 is 15.6 Å². The number of unbranched alkanes of at least 4 members (excludes halogenated alkanes) is 2. The Balaban J connectivity index is 0.00000306. The molecule has 1 aliphatic rings. The molecule has 4 N–H and O–H groups in total. The summed E-state index contributed by atoms with van der Waals surface area (Å²) >= 11 is 0. The maximum atomic E-state index is 12.5. The van der Waals surface area contributed by atoms with Gasteiger partial charge in [-0.3, -0.25) is 4.79 Å². The number of hydrogen-bond acceptors (Lipinski definition) is 5. The lowest BCUT2D eigenvalue weighted by Gasteiger charge is -2.13. The number of carbonyl (C=O) groups is 1. The molecule has 0 amide bonds. The summed E-state index contributed by atoms with van der Waals surface area (Å²) in [5.74, 6) is -0.971. The lowest BCUT2D eigenvalue weighted by Crippen LogP contribution is -2.17. The fourth-order valence-electron chi connectivity index (χ4n) is 4.53. The zero-order chi connectivity index (χ0) is 22.8. The first-order valence-electron chi connectivity index (χ1n) is 11.1.